The van der Waals surface area contributed by atoms with Gasteiger partial charge in [-0.25, -0.2) is 0 Å². The van der Waals surface area contributed by atoms with E-state index in [1.165, 1.54) is 0 Å². The van der Waals surface area contributed by atoms with Gasteiger partial charge in [0.25, 0.3) is 5.91 Å². The lowest BCUT2D eigenvalue weighted by molar-refractivity contribution is 0.00724. The van der Waals surface area contributed by atoms with E-state index in [4.69, 9.17) is 10.5 Å². The van der Waals surface area contributed by atoms with Crippen LogP contribution in [0.25, 0.3) is 0 Å². The molecule has 98 valence electrons. The summed E-state index contributed by atoms with van der Waals surface area (Å²) in [5.41, 5.74) is 6.99. The maximum Gasteiger partial charge on any atom is 0.254 e. The van der Waals surface area contributed by atoms with E-state index in [9.17, 15) is 4.79 Å². The summed E-state index contributed by atoms with van der Waals surface area (Å²) in [5.74, 6) is 0.0479. The van der Waals surface area contributed by atoms with Crippen molar-refractivity contribution in [3.05, 3.63) is 29.8 Å². The Labute approximate surface area is 108 Å². The van der Waals surface area contributed by atoms with Gasteiger partial charge in [-0.3, -0.25) is 4.79 Å². The molecule has 4 heteroatoms. The first-order valence-corrected chi connectivity index (χ1v) is 6.47. The molecule has 1 aliphatic heterocycles. The fourth-order valence-corrected chi connectivity index (χ4v) is 2.35. The van der Waals surface area contributed by atoms with Crippen LogP contribution >= 0.6 is 0 Å². The lowest BCUT2D eigenvalue weighted by Gasteiger charge is -2.32. The number of nitrogen functional groups attached to an aromatic ring is 1. The molecule has 0 aliphatic carbocycles. The first-order chi connectivity index (χ1) is 8.70. The average molecular weight is 248 g/mol. The highest BCUT2D eigenvalue weighted by molar-refractivity contribution is 5.95. The van der Waals surface area contributed by atoms with Crippen molar-refractivity contribution < 1.29 is 9.53 Å². The van der Waals surface area contributed by atoms with Crippen LogP contribution in [0.3, 0.4) is 0 Å². The standard InChI is InChI=1S/C14H20N2O2/c1-2-18-13-7-4-8-16(10-13)14(17)11-5-3-6-12(15)9-11/h3,5-6,9,13H,2,4,7-8,10,15H2,1H3. The van der Waals surface area contributed by atoms with Gasteiger partial charge in [0.1, 0.15) is 0 Å². The highest BCUT2D eigenvalue weighted by Gasteiger charge is 2.24. The Morgan fingerprint density at radius 3 is 3.11 bits per heavy atom. The van der Waals surface area contributed by atoms with Gasteiger partial charge in [-0.05, 0) is 38.0 Å². The number of amides is 1. The molecule has 1 atom stereocenters. The number of carbonyl (C=O) groups is 1. The molecule has 1 amide bonds. The number of carbonyl (C=O) groups excluding carboxylic acids is 1. The predicted molar refractivity (Wildman–Crippen MR) is 71.4 cm³/mol. The van der Waals surface area contributed by atoms with E-state index in [0.29, 0.717) is 24.4 Å². The lowest BCUT2D eigenvalue weighted by atomic mass is 10.1. The largest absolute Gasteiger partial charge is 0.399 e. The Kier molecular flexibility index (Phi) is 4.20. The zero-order chi connectivity index (χ0) is 13.0. The van der Waals surface area contributed by atoms with Crippen molar-refractivity contribution in [2.24, 2.45) is 0 Å². The number of rotatable bonds is 3. The van der Waals surface area contributed by atoms with Crippen LogP contribution < -0.4 is 5.73 Å². The number of benzene rings is 1. The van der Waals surface area contributed by atoms with Crippen LogP contribution in [0.2, 0.25) is 0 Å². The Morgan fingerprint density at radius 1 is 1.56 bits per heavy atom. The van der Waals surface area contributed by atoms with Gasteiger partial charge in [0.2, 0.25) is 0 Å². The van der Waals surface area contributed by atoms with Crippen molar-refractivity contribution in [1.29, 1.82) is 0 Å². The summed E-state index contributed by atoms with van der Waals surface area (Å²) in [6.45, 7) is 4.17. The van der Waals surface area contributed by atoms with Gasteiger partial charge >= 0.3 is 0 Å². The molecule has 0 saturated carbocycles. The number of anilines is 1. The van der Waals surface area contributed by atoms with Crippen molar-refractivity contribution >= 4 is 11.6 Å². The summed E-state index contributed by atoms with van der Waals surface area (Å²) in [6.07, 6.45) is 2.21. The molecule has 0 radical (unpaired) electrons. The van der Waals surface area contributed by atoms with E-state index < -0.39 is 0 Å². The van der Waals surface area contributed by atoms with Crippen LogP contribution in [0.1, 0.15) is 30.1 Å². The molecule has 4 nitrogen and oxygen atoms in total. The molecule has 2 rings (SSSR count). The van der Waals surface area contributed by atoms with Gasteiger partial charge in [-0.15, -0.1) is 0 Å². The van der Waals surface area contributed by atoms with E-state index >= 15 is 0 Å². The maximum atomic E-state index is 12.3. The lowest BCUT2D eigenvalue weighted by Crippen LogP contribution is -2.43. The van der Waals surface area contributed by atoms with Crippen LogP contribution in [0.15, 0.2) is 24.3 Å². The highest BCUT2D eigenvalue weighted by Crippen LogP contribution is 2.17. The Morgan fingerprint density at radius 2 is 2.39 bits per heavy atom. The molecule has 0 bridgehead atoms. The maximum absolute atomic E-state index is 12.3. The van der Waals surface area contributed by atoms with E-state index in [1.54, 1.807) is 12.1 Å². The molecule has 1 aromatic carbocycles. The third kappa shape index (κ3) is 3.01. The van der Waals surface area contributed by atoms with E-state index in [-0.39, 0.29) is 12.0 Å². The minimum atomic E-state index is 0.0479. The number of hydrogen-bond donors (Lipinski definition) is 1. The molecule has 1 heterocycles. The summed E-state index contributed by atoms with van der Waals surface area (Å²) < 4.78 is 5.60. The highest BCUT2D eigenvalue weighted by atomic mass is 16.5. The normalized spacial score (nSPS) is 19.8. The molecular formula is C14H20N2O2. The van der Waals surface area contributed by atoms with Crippen molar-refractivity contribution in [1.82, 2.24) is 4.90 Å². The minimum absolute atomic E-state index is 0.0479. The Hall–Kier alpha value is -1.55. The monoisotopic (exact) mass is 248 g/mol. The molecule has 1 aromatic rings. The molecule has 1 fully saturated rings. The second-order valence-corrected chi connectivity index (χ2v) is 4.60. The quantitative estimate of drug-likeness (QED) is 0.831. The molecule has 18 heavy (non-hydrogen) atoms. The zero-order valence-electron chi connectivity index (χ0n) is 10.8. The summed E-state index contributed by atoms with van der Waals surface area (Å²) in [6, 6.07) is 7.14. The van der Waals surface area contributed by atoms with Gasteiger partial charge in [0.05, 0.1) is 6.10 Å². The van der Waals surface area contributed by atoms with Gasteiger partial charge in [0.15, 0.2) is 0 Å². The van der Waals surface area contributed by atoms with Gasteiger partial charge < -0.3 is 15.4 Å². The number of piperidine rings is 1. The van der Waals surface area contributed by atoms with Gasteiger partial charge in [0, 0.05) is 30.9 Å². The van der Waals surface area contributed by atoms with E-state index in [1.807, 2.05) is 24.0 Å². The van der Waals surface area contributed by atoms with Crippen LogP contribution in [0.4, 0.5) is 5.69 Å². The SMILES string of the molecule is CCOC1CCCN(C(=O)c2cccc(N)c2)C1. The second kappa shape index (κ2) is 5.87. The van der Waals surface area contributed by atoms with E-state index in [0.717, 1.165) is 19.4 Å². The Balaban J connectivity index is 2.04. The molecule has 0 aromatic heterocycles. The van der Waals surface area contributed by atoms with Crippen LogP contribution in [0.5, 0.6) is 0 Å². The fourth-order valence-electron chi connectivity index (χ4n) is 2.35. The number of ether oxygens (including phenoxy) is 1. The smallest absolute Gasteiger partial charge is 0.254 e. The van der Waals surface area contributed by atoms with Gasteiger partial charge in [-0.1, -0.05) is 6.07 Å². The summed E-state index contributed by atoms with van der Waals surface area (Å²) in [7, 11) is 0. The second-order valence-electron chi connectivity index (χ2n) is 4.60. The van der Waals surface area contributed by atoms with Crippen molar-refractivity contribution in [2.75, 3.05) is 25.4 Å². The zero-order valence-corrected chi connectivity index (χ0v) is 10.8. The van der Waals surface area contributed by atoms with E-state index in [2.05, 4.69) is 0 Å². The molecule has 1 saturated heterocycles. The first-order valence-electron chi connectivity index (χ1n) is 6.47. The average Bonchev–Trinajstić information content (AvgIpc) is 2.39. The molecule has 1 aliphatic rings. The van der Waals surface area contributed by atoms with Gasteiger partial charge in [-0.2, -0.15) is 0 Å². The van der Waals surface area contributed by atoms with Crippen LogP contribution in [-0.4, -0.2) is 36.6 Å². The van der Waals surface area contributed by atoms with Crippen molar-refractivity contribution in [3.8, 4) is 0 Å². The number of likely N-dealkylation sites (tertiary alicyclic amines) is 1. The number of nitrogens with two attached hydrogens (primary N) is 1. The molecule has 1 unspecified atom stereocenters. The first kappa shape index (κ1) is 12.9. The fraction of sp³-hybridized carbons (Fsp3) is 0.500. The van der Waals surface area contributed by atoms with Crippen molar-refractivity contribution in [2.45, 2.75) is 25.9 Å². The third-order valence-corrected chi connectivity index (χ3v) is 3.20. The Bertz CT molecular complexity index is 418. The number of nitrogens with zero attached hydrogens (tertiary/aromatic N) is 1. The summed E-state index contributed by atoms with van der Waals surface area (Å²) in [5, 5.41) is 0. The molecule has 2 N–H and O–H groups in total. The summed E-state index contributed by atoms with van der Waals surface area (Å²) in [4.78, 5) is 14.2. The molecule has 0 spiro atoms. The molecular weight excluding hydrogens is 228 g/mol. The van der Waals surface area contributed by atoms with Crippen molar-refractivity contribution in [3.63, 3.8) is 0 Å². The van der Waals surface area contributed by atoms with Crippen LogP contribution in [0, 0.1) is 0 Å². The van der Waals surface area contributed by atoms with Crippen LogP contribution in [-0.2, 0) is 4.74 Å². The number of hydrogen-bond acceptors (Lipinski definition) is 3. The third-order valence-electron chi connectivity index (χ3n) is 3.20. The summed E-state index contributed by atoms with van der Waals surface area (Å²) >= 11 is 0. The minimum Gasteiger partial charge on any atom is -0.399 e. The topological polar surface area (TPSA) is 55.6 Å². The predicted octanol–water partition coefficient (Wildman–Crippen LogP) is 1.91.